The maximum atomic E-state index is 8.85. The highest BCUT2D eigenvalue weighted by Gasteiger charge is 2.12. The highest BCUT2D eigenvalue weighted by molar-refractivity contribution is 9.10. The van der Waals surface area contributed by atoms with Crippen molar-refractivity contribution < 1.29 is 9.84 Å². The number of aliphatic hydroxyl groups is 1. The van der Waals surface area contributed by atoms with Crippen molar-refractivity contribution in [3.8, 4) is 6.07 Å². The number of ether oxygens (including phenoxy) is 1. The molecule has 0 spiro atoms. The summed E-state index contributed by atoms with van der Waals surface area (Å²) < 4.78 is 6.00. The van der Waals surface area contributed by atoms with Gasteiger partial charge in [0.15, 0.2) is 6.10 Å². The van der Waals surface area contributed by atoms with Crippen LogP contribution in [0.15, 0.2) is 28.7 Å². The molecule has 1 aromatic rings. The molecular weight excluding hydrogens is 246 g/mol. The van der Waals surface area contributed by atoms with Crippen LogP contribution >= 0.6 is 15.9 Å². The van der Waals surface area contributed by atoms with Gasteiger partial charge in [-0.2, -0.15) is 5.26 Å². The number of hydrogen-bond acceptors (Lipinski definition) is 3. The Balaban J connectivity index is 2.80. The zero-order chi connectivity index (χ0) is 10.4. The normalized spacial score (nSPS) is 12.1. The van der Waals surface area contributed by atoms with Gasteiger partial charge < -0.3 is 9.84 Å². The van der Waals surface area contributed by atoms with Crippen LogP contribution in [0.5, 0.6) is 0 Å². The van der Waals surface area contributed by atoms with E-state index >= 15 is 0 Å². The Hall–Kier alpha value is -0.890. The molecule has 0 radical (unpaired) electrons. The molecule has 0 saturated heterocycles. The Morgan fingerprint density at radius 3 is 2.79 bits per heavy atom. The van der Waals surface area contributed by atoms with E-state index in [-0.39, 0.29) is 13.2 Å². The van der Waals surface area contributed by atoms with E-state index in [1.165, 1.54) is 0 Å². The van der Waals surface area contributed by atoms with Gasteiger partial charge in [0, 0.05) is 10.0 Å². The molecule has 0 aliphatic carbocycles. The van der Waals surface area contributed by atoms with Gasteiger partial charge in [-0.25, -0.2) is 0 Å². The molecule has 0 amide bonds. The fourth-order valence-corrected chi connectivity index (χ4v) is 1.55. The molecule has 0 fully saturated rings. The molecular formula is C10H10BrNO2. The maximum Gasteiger partial charge on any atom is 0.170 e. The van der Waals surface area contributed by atoms with E-state index in [0.717, 1.165) is 10.0 Å². The van der Waals surface area contributed by atoms with Crippen molar-refractivity contribution in [2.75, 3.05) is 13.2 Å². The zero-order valence-electron chi connectivity index (χ0n) is 7.48. The molecule has 0 saturated carbocycles. The molecule has 1 atom stereocenters. The van der Waals surface area contributed by atoms with E-state index in [4.69, 9.17) is 15.1 Å². The second-order valence-corrected chi connectivity index (χ2v) is 3.48. The van der Waals surface area contributed by atoms with Gasteiger partial charge in [0.1, 0.15) is 0 Å². The lowest BCUT2D eigenvalue weighted by atomic mass is 10.1. The predicted octanol–water partition coefficient (Wildman–Crippen LogP) is 2.02. The van der Waals surface area contributed by atoms with Gasteiger partial charge in [0.05, 0.1) is 19.3 Å². The number of aliphatic hydroxyl groups excluding tert-OH is 1. The van der Waals surface area contributed by atoms with Crippen LogP contribution in [0.25, 0.3) is 0 Å². The molecule has 1 N–H and O–H groups in total. The summed E-state index contributed by atoms with van der Waals surface area (Å²) in [6.45, 7) is 0.0855. The number of nitrogens with zero attached hydrogens (tertiary/aromatic N) is 1. The van der Waals surface area contributed by atoms with Crippen LogP contribution in [0.2, 0.25) is 0 Å². The van der Waals surface area contributed by atoms with Crippen molar-refractivity contribution in [3.05, 3.63) is 34.3 Å². The Labute approximate surface area is 91.1 Å². The molecule has 1 rings (SSSR count). The van der Waals surface area contributed by atoms with Crippen LogP contribution in [0.1, 0.15) is 11.7 Å². The predicted molar refractivity (Wildman–Crippen MR) is 55.5 cm³/mol. The van der Waals surface area contributed by atoms with Gasteiger partial charge in [-0.15, -0.1) is 0 Å². The molecule has 0 heterocycles. The Bertz CT molecular complexity index is 335. The smallest absolute Gasteiger partial charge is 0.170 e. The van der Waals surface area contributed by atoms with E-state index in [1.807, 2.05) is 30.3 Å². The Kier molecular flexibility index (Phi) is 4.60. The number of nitriles is 1. The molecule has 74 valence electrons. The summed E-state index contributed by atoms with van der Waals surface area (Å²) in [7, 11) is 0. The average molecular weight is 256 g/mol. The number of rotatable bonds is 4. The summed E-state index contributed by atoms with van der Waals surface area (Å²) in [5.74, 6) is 0. The van der Waals surface area contributed by atoms with Gasteiger partial charge in [0.2, 0.25) is 0 Å². The quantitative estimate of drug-likeness (QED) is 0.896. The molecule has 1 unspecified atom stereocenters. The van der Waals surface area contributed by atoms with Gasteiger partial charge >= 0.3 is 0 Å². The third kappa shape index (κ3) is 2.81. The first-order valence-corrected chi connectivity index (χ1v) is 4.95. The van der Waals surface area contributed by atoms with Crippen LogP contribution in [-0.4, -0.2) is 18.3 Å². The lowest BCUT2D eigenvalue weighted by Crippen LogP contribution is -2.06. The summed E-state index contributed by atoms with van der Waals surface area (Å²) in [5.41, 5.74) is 0.781. The molecule has 0 aliphatic heterocycles. The van der Waals surface area contributed by atoms with Crippen molar-refractivity contribution in [2.45, 2.75) is 6.10 Å². The first kappa shape index (κ1) is 11.2. The second kappa shape index (κ2) is 5.76. The Morgan fingerprint density at radius 1 is 1.50 bits per heavy atom. The molecule has 4 heteroatoms. The van der Waals surface area contributed by atoms with Crippen molar-refractivity contribution in [1.29, 1.82) is 5.26 Å². The largest absolute Gasteiger partial charge is 0.394 e. The molecule has 0 aliphatic rings. The van der Waals surface area contributed by atoms with Crippen LogP contribution in [0.3, 0.4) is 0 Å². The van der Waals surface area contributed by atoms with Crippen molar-refractivity contribution in [3.63, 3.8) is 0 Å². The minimum absolute atomic E-state index is 0.0807. The van der Waals surface area contributed by atoms with Gasteiger partial charge in [-0.1, -0.05) is 34.1 Å². The van der Waals surface area contributed by atoms with Crippen LogP contribution in [-0.2, 0) is 4.74 Å². The van der Waals surface area contributed by atoms with Crippen molar-refractivity contribution in [1.82, 2.24) is 0 Å². The zero-order valence-corrected chi connectivity index (χ0v) is 9.07. The topological polar surface area (TPSA) is 53.2 Å². The van der Waals surface area contributed by atoms with E-state index < -0.39 is 6.10 Å². The highest BCUT2D eigenvalue weighted by atomic mass is 79.9. The lowest BCUT2D eigenvalue weighted by Gasteiger charge is -2.11. The van der Waals surface area contributed by atoms with Crippen LogP contribution in [0.4, 0.5) is 0 Å². The second-order valence-electron chi connectivity index (χ2n) is 2.63. The average Bonchev–Trinajstić information content (AvgIpc) is 2.21. The number of halogens is 1. The summed E-state index contributed by atoms with van der Waals surface area (Å²) >= 11 is 3.34. The minimum Gasteiger partial charge on any atom is -0.394 e. The fourth-order valence-electron chi connectivity index (χ4n) is 1.05. The first-order valence-electron chi connectivity index (χ1n) is 4.16. The highest BCUT2D eigenvalue weighted by Crippen LogP contribution is 2.24. The Morgan fingerprint density at radius 2 is 2.21 bits per heavy atom. The van der Waals surface area contributed by atoms with Crippen LogP contribution < -0.4 is 0 Å². The van der Waals surface area contributed by atoms with E-state index in [2.05, 4.69) is 15.9 Å². The summed E-state index contributed by atoms with van der Waals surface area (Å²) in [6.07, 6.45) is -0.627. The third-order valence-electron chi connectivity index (χ3n) is 1.68. The summed E-state index contributed by atoms with van der Waals surface area (Å²) in [4.78, 5) is 0. The maximum absolute atomic E-state index is 8.85. The summed E-state index contributed by atoms with van der Waals surface area (Å²) in [5, 5.41) is 17.4. The third-order valence-corrected chi connectivity index (χ3v) is 2.40. The monoisotopic (exact) mass is 255 g/mol. The SMILES string of the molecule is N#CC(OCCO)c1ccccc1Br. The standard InChI is InChI=1S/C10H10BrNO2/c11-9-4-2-1-3-8(9)10(7-12)14-6-5-13/h1-4,10,13H,5-6H2. The lowest BCUT2D eigenvalue weighted by molar-refractivity contribution is 0.0578. The molecule has 0 bridgehead atoms. The fraction of sp³-hybridized carbons (Fsp3) is 0.300. The van der Waals surface area contributed by atoms with Gasteiger partial charge in [0.25, 0.3) is 0 Å². The van der Waals surface area contributed by atoms with E-state index in [1.54, 1.807) is 0 Å². The van der Waals surface area contributed by atoms with Crippen molar-refractivity contribution in [2.24, 2.45) is 0 Å². The summed E-state index contributed by atoms with van der Waals surface area (Å²) in [6, 6.07) is 9.40. The minimum atomic E-state index is -0.627. The van der Waals surface area contributed by atoms with E-state index in [0.29, 0.717) is 0 Å². The van der Waals surface area contributed by atoms with Gasteiger partial charge in [-0.3, -0.25) is 0 Å². The number of hydrogen-bond donors (Lipinski definition) is 1. The van der Waals surface area contributed by atoms with Crippen LogP contribution in [0, 0.1) is 11.3 Å². The first-order chi connectivity index (χ1) is 6.79. The van der Waals surface area contributed by atoms with E-state index in [9.17, 15) is 0 Å². The van der Waals surface area contributed by atoms with Gasteiger partial charge in [-0.05, 0) is 6.07 Å². The molecule has 3 nitrogen and oxygen atoms in total. The number of benzene rings is 1. The molecule has 1 aromatic carbocycles. The molecule has 0 aromatic heterocycles. The molecule has 14 heavy (non-hydrogen) atoms. The van der Waals surface area contributed by atoms with Crippen molar-refractivity contribution >= 4 is 15.9 Å².